The summed E-state index contributed by atoms with van der Waals surface area (Å²) in [7, 11) is 0. The molecule has 0 radical (unpaired) electrons. The van der Waals surface area contributed by atoms with Crippen molar-refractivity contribution < 1.29 is 9.59 Å². The van der Waals surface area contributed by atoms with Gasteiger partial charge in [-0.25, -0.2) is 0 Å². The second-order valence-electron chi connectivity index (χ2n) is 3.86. The fourth-order valence-corrected chi connectivity index (χ4v) is 2.30. The average Bonchev–Trinajstić information content (AvgIpc) is 2.82. The third-order valence-electron chi connectivity index (χ3n) is 2.88. The predicted octanol–water partition coefficient (Wildman–Crippen LogP) is 0.979. The standard InChI is InChI=1S/C10H13N3O2S/c1-2-7-5-13(4-3-9(7)14)10(15)8-6-16-12-11-8/h6-7H,2-5H2,1H3. The van der Waals surface area contributed by atoms with Crippen molar-refractivity contribution in [2.24, 2.45) is 5.92 Å². The molecule has 1 aliphatic rings. The van der Waals surface area contributed by atoms with Crippen LogP contribution in [0.2, 0.25) is 0 Å². The maximum absolute atomic E-state index is 11.9. The van der Waals surface area contributed by atoms with Crippen LogP contribution in [0.25, 0.3) is 0 Å². The molecule has 1 atom stereocenters. The molecule has 0 N–H and O–H groups in total. The molecule has 0 saturated carbocycles. The molecule has 1 fully saturated rings. The molecule has 1 saturated heterocycles. The number of nitrogens with zero attached hydrogens (tertiary/aromatic N) is 3. The summed E-state index contributed by atoms with van der Waals surface area (Å²) in [5, 5.41) is 5.39. The summed E-state index contributed by atoms with van der Waals surface area (Å²) < 4.78 is 3.67. The van der Waals surface area contributed by atoms with E-state index < -0.39 is 0 Å². The molecule has 0 bridgehead atoms. The van der Waals surface area contributed by atoms with E-state index in [0.29, 0.717) is 25.2 Å². The molecule has 5 nitrogen and oxygen atoms in total. The number of amides is 1. The normalized spacial score (nSPS) is 21.2. The van der Waals surface area contributed by atoms with Gasteiger partial charge in [0, 0.05) is 30.8 Å². The van der Waals surface area contributed by atoms with Crippen molar-refractivity contribution in [3.63, 3.8) is 0 Å². The summed E-state index contributed by atoms with van der Waals surface area (Å²) in [5.74, 6) is 0.145. The maximum Gasteiger partial charge on any atom is 0.275 e. The molecule has 0 aliphatic carbocycles. The Balaban J connectivity index is 2.06. The number of Topliss-reactive ketones (excluding diaryl/α,β-unsaturated/α-hetero) is 1. The summed E-state index contributed by atoms with van der Waals surface area (Å²) >= 11 is 1.16. The lowest BCUT2D eigenvalue weighted by Crippen LogP contribution is -2.44. The number of likely N-dealkylation sites (tertiary alicyclic amines) is 1. The van der Waals surface area contributed by atoms with Crippen LogP contribution < -0.4 is 0 Å². The zero-order valence-corrected chi connectivity index (χ0v) is 9.87. The number of piperidine rings is 1. The molecule has 0 spiro atoms. The lowest BCUT2D eigenvalue weighted by Gasteiger charge is -2.30. The summed E-state index contributed by atoms with van der Waals surface area (Å²) in [6, 6.07) is 0. The minimum Gasteiger partial charge on any atom is -0.336 e. The minimum atomic E-state index is -0.111. The number of hydrogen-bond acceptors (Lipinski definition) is 5. The zero-order valence-electron chi connectivity index (χ0n) is 9.05. The molecule has 1 amide bonds. The van der Waals surface area contributed by atoms with Gasteiger partial charge in [-0.05, 0) is 18.0 Å². The largest absolute Gasteiger partial charge is 0.336 e. The number of hydrogen-bond donors (Lipinski definition) is 0. The van der Waals surface area contributed by atoms with Crippen LogP contribution in [0, 0.1) is 5.92 Å². The molecule has 6 heteroatoms. The molecule has 16 heavy (non-hydrogen) atoms. The van der Waals surface area contributed by atoms with Crippen molar-refractivity contribution in [2.45, 2.75) is 19.8 Å². The van der Waals surface area contributed by atoms with Crippen molar-refractivity contribution in [1.29, 1.82) is 0 Å². The van der Waals surface area contributed by atoms with Crippen LogP contribution in [-0.4, -0.2) is 39.3 Å². The Morgan fingerprint density at radius 3 is 3.12 bits per heavy atom. The van der Waals surface area contributed by atoms with Gasteiger partial charge >= 0.3 is 0 Å². The van der Waals surface area contributed by atoms with Crippen LogP contribution in [0.3, 0.4) is 0 Å². The van der Waals surface area contributed by atoms with Crippen LogP contribution in [0.5, 0.6) is 0 Å². The molecule has 1 aromatic heterocycles. The van der Waals surface area contributed by atoms with E-state index in [1.54, 1.807) is 10.3 Å². The quantitative estimate of drug-likeness (QED) is 0.771. The van der Waals surface area contributed by atoms with Gasteiger partial charge in [-0.15, -0.1) is 5.10 Å². The highest BCUT2D eigenvalue weighted by atomic mass is 32.1. The third kappa shape index (κ3) is 2.11. The van der Waals surface area contributed by atoms with Crippen LogP contribution in [0.4, 0.5) is 0 Å². The minimum absolute atomic E-state index is 0.00991. The maximum atomic E-state index is 11.9. The van der Waals surface area contributed by atoms with Crippen molar-refractivity contribution in [1.82, 2.24) is 14.5 Å². The van der Waals surface area contributed by atoms with Crippen molar-refractivity contribution in [3.8, 4) is 0 Å². The van der Waals surface area contributed by atoms with Gasteiger partial charge in [-0.3, -0.25) is 9.59 Å². The smallest absolute Gasteiger partial charge is 0.275 e. The summed E-state index contributed by atoms with van der Waals surface area (Å²) in [6.45, 7) is 3.00. The summed E-state index contributed by atoms with van der Waals surface area (Å²) in [6.07, 6.45) is 1.25. The highest BCUT2D eigenvalue weighted by molar-refractivity contribution is 7.03. The molecule has 1 aromatic rings. The monoisotopic (exact) mass is 239 g/mol. The second-order valence-corrected chi connectivity index (χ2v) is 4.47. The van der Waals surface area contributed by atoms with Gasteiger partial charge in [0.25, 0.3) is 5.91 Å². The van der Waals surface area contributed by atoms with E-state index in [9.17, 15) is 9.59 Å². The number of carbonyl (C=O) groups is 2. The van der Waals surface area contributed by atoms with Crippen molar-refractivity contribution in [3.05, 3.63) is 11.1 Å². The number of carbonyl (C=O) groups excluding carboxylic acids is 2. The van der Waals surface area contributed by atoms with Crippen LogP contribution >= 0.6 is 11.5 Å². The van der Waals surface area contributed by atoms with E-state index in [1.165, 1.54) is 0 Å². The van der Waals surface area contributed by atoms with E-state index in [1.807, 2.05) is 6.92 Å². The van der Waals surface area contributed by atoms with Crippen LogP contribution in [0.1, 0.15) is 30.3 Å². The Morgan fingerprint density at radius 2 is 2.50 bits per heavy atom. The van der Waals surface area contributed by atoms with E-state index in [0.717, 1.165) is 18.0 Å². The Hall–Kier alpha value is -1.30. The van der Waals surface area contributed by atoms with E-state index >= 15 is 0 Å². The summed E-state index contributed by atoms with van der Waals surface area (Å²) in [5.41, 5.74) is 0.384. The molecular weight excluding hydrogens is 226 g/mol. The summed E-state index contributed by atoms with van der Waals surface area (Å²) in [4.78, 5) is 25.2. The van der Waals surface area contributed by atoms with Gasteiger partial charge in [-0.1, -0.05) is 11.4 Å². The number of ketones is 1. The Bertz CT molecular complexity index is 391. The molecule has 1 unspecified atom stereocenters. The first kappa shape index (κ1) is 11.2. The first-order chi connectivity index (χ1) is 7.72. The van der Waals surface area contributed by atoms with E-state index in [4.69, 9.17) is 0 Å². The van der Waals surface area contributed by atoms with Gasteiger partial charge < -0.3 is 4.90 Å². The van der Waals surface area contributed by atoms with Gasteiger partial charge in [0.15, 0.2) is 5.69 Å². The lowest BCUT2D eigenvalue weighted by molar-refractivity contribution is -0.125. The lowest BCUT2D eigenvalue weighted by atomic mass is 9.94. The van der Waals surface area contributed by atoms with Crippen molar-refractivity contribution in [2.75, 3.05) is 13.1 Å². The molecule has 86 valence electrons. The fourth-order valence-electron chi connectivity index (χ4n) is 1.87. The number of aromatic nitrogens is 2. The van der Waals surface area contributed by atoms with Gasteiger partial charge in [-0.2, -0.15) is 0 Å². The highest BCUT2D eigenvalue weighted by Crippen LogP contribution is 2.17. The predicted molar refractivity (Wildman–Crippen MR) is 59.2 cm³/mol. The van der Waals surface area contributed by atoms with Gasteiger partial charge in [0.2, 0.25) is 0 Å². The number of rotatable bonds is 2. The molecule has 2 heterocycles. The molecule has 1 aliphatic heterocycles. The van der Waals surface area contributed by atoms with Gasteiger partial charge in [0.05, 0.1) is 0 Å². The van der Waals surface area contributed by atoms with Gasteiger partial charge in [0.1, 0.15) is 5.78 Å². The Labute approximate surface area is 97.6 Å². The second kappa shape index (κ2) is 4.69. The Morgan fingerprint density at radius 1 is 1.69 bits per heavy atom. The van der Waals surface area contributed by atoms with E-state index in [-0.39, 0.29) is 17.6 Å². The first-order valence-electron chi connectivity index (χ1n) is 5.31. The fraction of sp³-hybridized carbons (Fsp3) is 0.600. The molecule has 0 aromatic carbocycles. The molecule has 2 rings (SSSR count). The Kier molecular flexibility index (Phi) is 3.28. The van der Waals surface area contributed by atoms with Crippen molar-refractivity contribution >= 4 is 23.2 Å². The first-order valence-corrected chi connectivity index (χ1v) is 6.15. The topological polar surface area (TPSA) is 63.2 Å². The zero-order chi connectivity index (χ0) is 11.5. The van der Waals surface area contributed by atoms with E-state index in [2.05, 4.69) is 9.59 Å². The third-order valence-corrected chi connectivity index (χ3v) is 3.39. The van der Waals surface area contributed by atoms with Crippen LogP contribution in [0.15, 0.2) is 5.38 Å². The molecular formula is C10H13N3O2S. The SMILES string of the molecule is CCC1CN(C(=O)c2csnn2)CCC1=O. The van der Waals surface area contributed by atoms with Crippen LogP contribution in [-0.2, 0) is 4.79 Å². The highest BCUT2D eigenvalue weighted by Gasteiger charge is 2.29. The average molecular weight is 239 g/mol.